The Morgan fingerprint density at radius 2 is 1.90 bits per heavy atom. The van der Waals surface area contributed by atoms with Crippen LogP contribution < -0.4 is 21.3 Å². The number of hydrogen-bond donors (Lipinski definition) is 4. The molecular formula is C27H24ClN7O4. The van der Waals surface area contributed by atoms with Gasteiger partial charge in [0.1, 0.15) is 11.1 Å². The fraction of sp³-hybridized carbons (Fsp3) is 0.259. The number of carbonyl (C=O) groups is 4. The number of nitrogens with one attached hydrogen (secondary N) is 4. The van der Waals surface area contributed by atoms with Crippen molar-refractivity contribution in [3.8, 4) is 0 Å². The van der Waals surface area contributed by atoms with Gasteiger partial charge in [-0.05, 0) is 53.8 Å². The first-order valence-corrected chi connectivity index (χ1v) is 12.9. The molecule has 0 saturated carbocycles. The molecule has 1 unspecified atom stereocenters. The standard InChI is InChI=1S/C27H24ClN7O4/c28-19-12-30-27(34-24(19)31-17-2-4-20-15(10-17)11-23(37)32-20)29-8-7-14-1-3-18-16(9-14)13-35(26(18)39)21-5-6-22(36)33-25(21)38/h1-4,9-10,12,21H,5-8,11,13H2,(H,32,37)(H,33,36,38)(H2,29,30,31,34). The van der Waals surface area contributed by atoms with E-state index in [-0.39, 0.29) is 24.1 Å². The summed E-state index contributed by atoms with van der Waals surface area (Å²) in [5.41, 5.74) is 4.94. The molecule has 0 spiro atoms. The lowest BCUT2D eigenvalue weighted by Gasteiger charge is -2.29. The number of nitrogens with zero attached hydrogens (tertiary/aromatic N) is 3. The Morgan fingerprint density at radius 3 is 2.74 bits per heavy atom. The second-order valence-corrected chi connectivity index (χ2v) is 10.1. The zero-order valence-electron chi connectivity index (χ0n) is 20.7. The van der Waals surface area contributed by atoms with Gasteiger partial charge in [-0.1, -0.05) is 23.7 Å². The molecule has 0 bridgehead atoms. The fourth-order valence-electron chi connectivity index (χ4n) is 5.09. The van der Waals surface area contributed by atoms with Crippen LogP contribution in [0.4, 0.5) is 23.1 Å². The number of fused-ring (bicyclic) bond motifs is 2. The molecule has 0 radical (unpaired) electrons. The van der Waals surface area contributed by atoms with E-state index in [9.17, 15) is 19.2 Å². The maximum Gasteiger partial charge on any atom is 0.255 e. The molecule has 4 N–H and O–H groups in total. The van der Waals surface area contributed by atoms with E-state index in [0.717, 1.165) is 28.1 Å². The van der Waals surface area contributed by atoms with Gasteiger partial charge in [-0.15, -0.1) is 0 Å². The summed E-state index contributed by atoms with van der Waals surface area (Å²) < 4.78 is 0. The highest BCUT2D eigenvalue weighted by atomic mass is 35.5. The molecule has 3 aliphatic rings. The molecular weight excluding hydrogens is 522 g/mol. The van der Waals surface area contributed by atoms with Crippen LogP contribution in [0.2, 0.25) is 5.02 Å². The monoisotopic (exact) mass is 545 g/mol. The van der Waals surface area contributed by atoms with E-state index in [4.69, 9.17) is 11.6 Å². The summed E-state index contributed by atoms with van der Waals surface area (Å²) in [6.07, 6.45) is 3.06. The van der Waals surface area contributed by atoms with Gasteiger partial charge < -0.3 is 20.9 Å². The molecule has 1 fully saturated rings. The van der Waals surface area contributed by atoms with Crippen molar-refractivity contribution in [2.45, 2.75) is 38.3 Å². The van der Waals surface area contributed by atoms with Crippen LogP contribution in [0.15, 0.2) is 42.6 Å². The van der Waals surface area contributed by atoms with Crippen LogP contribution in [0.5, 0.6) is 0 Å². The summed E-state index contributed by atoms with van der Waals surface area (Å²) >= 11 is 6.31. The zero-order valence-corrected chi connectivity index (χ0v) is 21.5. The molecule has 12 heteroatoms. The first-order valence-electron chi connectivity index (χ1n) is 12.6. The van der Waals surface area contributed by atoms with Crippen LogP contribution in [0, 0.1) is 0 Å². The lowest BCUT2D eigenvalue weighted by atomic mass is 10.0. The number of rotatable bonds is 7. The third kappa shape index (κ3) is 5.00. The number of piperidine rings is 1. The van der Waals surface area contributed by atoms with Crippen molar-refractivity contribution in [3.05, 3.63) is 69.9 Å². The number of imide groups is 1. The van der Waals surface area contributed by atoms with E-state index in [1.807, 2.05) is 30.3 Å². The molecule has 3 aliphatic heterocycles. The normalized spacial score (nSPS) is 18.0. The molecule has 3 aromatic rings. The minimum atomic E-state index is -0.631. The van der Waals surface area contributed by atoms with Gasteiger partial charge in [0, 0.05) is 36.4 Å². The van der Waals surface area contributed by atoms with Crippen molar-refractivity contribution in [3.63, 3.8) is 0 Å². The number of anilines is 4. The third-order valence-electron chi connectivity index (χ3n) is 7.02. The van der Waals surface area contributed by atoms with Crippen molar-refractivity contribution in [1.82, 2.24) is 20.2 Å². The number of halogens is 1. The highest BCUT2D eigenvalue weighted by Crippen LogP contribution is 2.30. The van der Waals surface area contributed by atoms with Crippen LogP contribution in [0.25, 0.3) is 0 Å². The minimum absolute atomic E-state index is 0.0321. The molecule has 6 rings (SSSR count). The van der Waals surface area contributed by atoms with Gasteiger partial charge in [-0.2, -0.15) is 4.98 Å². The number of benzene rings is 2. The quantitative estimate of drug-likeness (QED) is 0.332. The Hall–Kier alpha value is -4.51. The van der Waals surface area contributed by atoms with Crippen molar-refractivity contribution in [2.75, 3.05) is 22.5 Å². The van der Waals surface area contributed by atoms with E-state index < -0.39 is 11.9 Å². The van der Waals surface area contributed by atoms with E-state index in [1.165, 1.54) is 6.20 Å². The fourth-order valence-corrected chi connectivity index (χ4v) is 5.22. The Balaban J connectivity index is 1.07. The minimum Gasteiger partial charge on any atom is -0.354 e. The first kappa shape index (κ1) is 24.8. The van der Waals surface area contributed by atoms with Gasteiger partial charge in [-0.25, -0.2) is 4.98 Å². The summed E-state index contributed by atoms with van der Waals surface area (Å²) in [7, 11) is 0. The molecule has 4 amide bonds. The molecule has 4 heterocycles. The predicted molar refractivity (Wildman–Crippen MR) is 144 cm³/mol. The number of hydrogen-bond acceptors (Lipinski definition) is 8. The average Bonchev–Trinajstić information content (AvgIpc) is 3.44. The van der Waals surface area contributed by atoms with E-state index >= 15 is 0 Å². The summed E-state index contributed by atoms with van der Waals surface area (Å²) in [6.45, 7) is 0.876. The van der Waals surface area contributed by atoms with Gasteiger partial charge in [0.05, 0.1) is 12.6 Å². The van der Waals surface area contributed by atoms with Crippen LogP contribution in [0.1, 0.15) is 39.9 Å². The van der Waals surface area contributed by atoms with Crippen molar-refractivity contribution < 1.29 is 19.2 Å². The molecule has 198 valence electrons. The predicted octanol–water partition coefficient (Wildman–Crippen LogP) is 2.78. The second kappa shape index (κ2) is 9.99. The summed E-state index contributed by atoms with van der Waals surface area (Å²) in [6, 6.07) is 10.6. The summed E-state index contributed by atoms with van der Waals surface area (Å²) in [4.78, 5) is 58.5. The maximum atomic E-state index is 12.9. The van der Waals surface area contributed by atoms with Crippen LogP contribution in [0.3, 0.4) is 0 Å². The maximum absolute atomic E-state index is 12.9. The van der Waals surface area contributed by atoms with Crippen LogP contribution in [-0.2, 0) is 33.8 Å². The topological polar surface area (TPSA) is 145 Å². The van der Waals surface area contributed by atoms with Crippen molar-refractivity contribution >= 4 is 58.4 Å². The number of aromatic nitrogens is 2. The van der Waals surface area contributed by atoms with Gasteiger partial charge in [0.15, 0.2) is 5.82 Å². The lowest BCUT2D eigenvalue weighted by molar-refractivity contribution is -0.137. The molecule has 1 saturated heterocycles. The number of amides is 4. The Kier molecular flexibility index (Phi) is 6.35. The van der Waals surface area contributed by atoms with E-state index in [2.05, 4.69) is 31.2 Å². The van der Waals surface area contributed by atoms with Gasteiger partial charge in [-0.3, -0.25) is 24.5 Å². The van der Waals surface area contributed by atoms with Crippen molar-refractivity contribution in [2.24, 2.45) is 0 Å². The van der Waals surface area contributed by atoms with Crippen LogP contribution in [-0.4, -0.2) is 51.1 Å². The second-order valence-electron chi connectivity index (χ2n) is 9.68. The first-order chi connectivity index (χ1) is 18.8. The van der Waals surface area contributed by atoms with Gasteiger partial charge in [0.2, 0.25) is 23.7 Å². The number of carbonyl (C=O) groups excluding carboxylic acids is 4. The molecule has 39 heavy (non-hydrogen) atoms. The molecule has 1 aromatic heterocycles. The highest BCUT2D eigenvalue weighted by molar-refractivity contribution is 6.32. The Labute approximate surface area is 228 Å². The molecule has 1 atom stereocenters. The van der Waals surface area contributed by atoms with E-state index in [1.54, 1.807) is 11.0 Å². The van der Waals surface area contributed by atoms with Gasteiger partial charge >= 0.3 is 0 Å². The van der Waals surface area contributed by atoms with Crippen molar-refractivity contribution in [1.29, 1.82) is 0 Å². The SMILES string of the molecule is O=C1CCC(N2Cc3cc(CCNc4ncc(Cl)c(Nc5ccc6c(c5)CC(=O)N6)n4)ccc3C2=O)C(=O)N1. The van der Waals surface area contributed by atoms with Crippen LogP contribution >= 0.6 is 11.6 Å². The Morgan fingerprint density at radius 1 is 1.03 bits per heavy atom. The van der Waals surface area contributed by atoms with E-state index in [0.29, 0.717) is 54.7 Å². The lowest BCUT2D eigenvalue weighted by Crippen LogP contribution is -2.52. The van der Waals surface area contributed by atoms with Gasteiger partial charge in [0.25, 0.3) is 5.91 Å². The molecule has 11 nitrogen and oxygen atoms in total. The molecule has 0 aliphatic carbocycles. The summed E-state index contributed by atoms with van der Waals surface area (Å²) in [5, 5.41) is 11.9. The summed E-state index contributed by atoms with van der Waals surface area (Å²) in [5.74, 6) is -0.102. The third-order valence-corrected chi connectivity index (χ3v) is 7.30. The Bertz CT molecular complexity index is 1540. The average molecular weight is 546 g/mol. The largest absolute Gasteiger partial charge is 0.354 e. The zero-order chi connectivity index (χ0) is 27.1. The smallest absolute Gasteiger partial charge is 0.255 e. The highest BCUT2D eigenvalue weighted by Gasteiger charge is 2.39. The molecule has 2 aromatic carbocycles.